The van der Waals surface area contributed by atoms with Crippen molar-refractivity contribution in [3.8, 4) is 0 Å². The largest absolute Gasteiger partial charge is 0.346 e. The van der Waals surface area contributed by atoms with Crippen molar-refractivity contribution in [3.05, 3.63) is 42.0 Å². The highest BCUT2D eigenvalue weighted by Crippen LogP contribution is 1.95. The molecule has 2 heterocycles. The van der Waals surface area contributed by atoms with Gasteiger partial charge in [-0.05, 0) is 12.1 Å². The molecule has 0 saturated heterocycles. The molecular weight excluding hydrogens is 194 g/mol. The van der Waals surface area contributed by atoms with Crippen molar-refractivity contribution in [1.29, 1.82) is 0 Å². The van der Waals surface area contributed by atoms with Crippen LogP contribution in [-0.2, 0) is 6.54 Å². The zero-order valence-electron chi connectivity index (χ0n) is 7.84. The number of hydrogen-bond acceptors (Lipinski definition) is 4. The Kier molecular flexibility index (Phi) is 2.68. The van der Waals surface area contributed by atoms with Gasteiger partial charge in [-0.1, -0.05) is 0 Å². The van der Waals surface area contributed by atoms with Crippen LogP contribution in [0, 0.1) is 0 Å². The second kappa shape index (κ2) is 4.32. The van der Waals surface area contributed by atoms with Crippen molar-refractivity contribution in [2.45, 2.75) is 6.54 Å². The number of rotatable bonds is 3. The fourth-order valence-electron chi connectivity index (χ4n) is 1.08. The third-order valence-corrected chi connectivity index (χ3v) is 1.82. The number of aromatic amines is 1. The van der Waals surface area contributed by atoms with Gasteiger partial charge in [0.2, 0.25) is 0 Å². The molecule has 2 aromatic rings. The lowest BCUT2D eigenvalue weighted by atomic mass is 10.3. The van der Waals surface area contributed by atoms with Gasteiger partial charge in [-0.25, -0.2) is 0 Å². The summed E-state index contributed by atoms with van der Waals surface area (Å²) in [6.45, 7) is 0.359. The molecule has 2 N–H and O–H groups in total. The van der Waals surface area contributed by atoms with Crippen LogP contribution in [0.3, 0.4) is 0 Å². The maximum atomic E-state index is 11.5. The molecule has 15 heavy (non-hydrogen) atoms. The van der Waals surface area contributed by atoms with Crippen LogP contribution in [0.25, 0.3) is 0 Å². The van der Waals surface area contributed by atoms with Gasteiger partial charge in [-0.3, -0.25) is 9.89 Å². The molecule has 0 aliphatic rings. The van der Waals surface area contributed by atoms with Gasteiger partial charge in [0, 0.05) is 12.4 Å². The van der Waals surface area contributed by atoms with Crippen molar-refractivity contribution in [2.75, 3.05) is 0 Å². The normalized spacial score (nSPS) is 9.87. The predicted molar refractivity (Wildman–Crippen MR) is 51.8 cm³/mol. The molecule has 0 radical (unpaired) electrons. The van der Waals surface area contributed by atoms with E-state index in [9.17, 15) is 4.79 Å². The molecule has 0 atom stereocenters. The highest BCUT2D eigenvalue weighted by Gasteiger charge is 2.05. The molecule has 0 aromatic carbocycles. The smallest absolute Gasteiger partial charge is 0.254 e. The van der Waals surface area contributed by atoms with Crippen LogP contribution in [-0.4, -0.2) is 26.3 Å². The minimum atomic E-state index is -0.186. The van der Waals surface area contributed by atoms with Gasteiger partial charge < -0.3 is 5.32 Å². The number of H-pyrrole nitrogens is 1. The maximum absolute atomic E-state index is 11.5. The summed E-state index contributed by atoms with van der Waals surface area (Å²) in [6.07, 6.45) is 4.58. The molecule has 6 heteroatoms. The Morgan fingerprint density at radius 1 is 1.53 bits per heavy atom. The molecule has 0 aliphatic carbocycles. The summed E-state index contributed by atoms with van der Waals surface area (Å²) in [5.41, 5.74) is 1.22. The number of nitrogens with one attached hydrogen (secondary N) is 2. The number of hydrogen-bond donors (Lipinski definition) is 2. The quantitative estimate of drug-likeness (QED) is 0.742. The average molecular weight is 203 g/mol. The first-order valence-electron chi connectivity index (χ1n) is 4.40. The first-order chi connectivity index (χ1) is 7.36. The fourth-order valence-corrected chi connectivity index (χ4v) is 1.08. The van der Waals surface area contributed by atoms with E-state index in [1.165, 1.54) is 12.4 Å². The van der Waals surface area contributed by atoms with E-state index in [-0.39, 0.29) is 5.91 Å². The zero-order chi connectivity index (χ0) is 10.5. The van der Waals surface area contributed by atoms with Crippen molar-refractivity contribution < 1.29 is 4.79 Å². The molecule has 0 aliphatic heterocycles. The molecule has 2 aromatic heterocycles. The van der Waals surface area contributed by atoms with E-state index in [2.05, 4.69) is 25.7 Å². The lowest BCUT2D eigenvalue weighted by molar-refractivity contribution is 0.0950. The summed E-state index contributed by atoms with van der Waals surface area (Å²) in [6, 6.07) is 3.56. The van der Waals surface area contributed by atoms with Gasteiger partial charge in [-0.15, -0.1) is 0 Å². The first kappa shape index (κ1) is 9.32. The highest BCUT2D eigenvalue weighted by molar-refractivity contribution is 5.93. The molecule has 0 spiro atoms. The van der Waals surface area contributed by atoms with Gasteiger partial charge >= 0.3 is 0 Å². The van der Waals surface area contributed by atoms with Gasteiger partial charge in [-0.2, -0.15) is 15.3 Å². The Balaban J connectivity index is 1.92. The van der Waals surface area contributed by atoms with Crippen molar-refractivity contribution in [3.63, 3.8) is 0 Å². The average Bonchev–Trinajstić information content (AvgIpc) is 2.81. The fraction of sp³-hybridized carbons (Fsp3) is 0.111. The summed E-state index contributed by atoms with van der Waals surface area (Å²) < 4.78 is 0. The monoisotopic (exact) mass is 203 g/mol. The maximum Gasteiger partial charge on any atom is 0.254 e. The van der Waals surface area contributed by atoms with E-state index in [0.29, 0.717) is 17.8 Å². The minimum absolute atomic E-state index is 0.186. The Bertz CT molecular complexity index is 425. The lowest BCUT2D eigenvalue weighted by Crippen LogP contribution is -2.22. The van der Waals surface area contributed by atoms with Gasteiger partial charge in [0.15, 0.2) is 0 Å². The Morgan fingerprint density at radius 2 is 2.47 bits per heavy atom. The predicted octanol–water partition coefficient (Wildman–Crippen LogP) is 0.130. The molecule has 76 valence electrons. The number of carbonyl (C=O) groups excluding carboxylic acids is 1. The first-order valence-corrected chi connectivity index (χ1v) is 4.40. The summed E-state index contributed by atoms with van der Waals surface area (Å²) in [5.74, 6) is -0.186. The Morgan fingerprint density at radius 3 is 3.13 bits per heavy atom. The minimum Gasteiger partial charge on any atom is -0.346 e. The number of carbonyl (C=O) groups is 1. The van der Waals surface area contributed by atoms with E-state index in [1.807, 2.05) is 0 Å². The SMILES string of the molecule is O=C(NCc1cccnn1)c1cn[nH]c1. The second-order valence-electron chi connectivity index (χ2n) is 2.88. The number of nitrogens with zero attached hydrogens (tertiary/aromatic N) is 3. The van der Waals surface area contributed by atoms with E-state index in [1.54, 1.807) is 18.3 Å². The van der Waals surface area contributed by atoms with Crippen LogP contribution in [0.15, 0.2) is 30.7 Å². The molecule has 0 fully saturated rings. The van der Waals surface area contributed by atoms with Crippen LogP contribution in [0.1, 0.15) is 16.1 Å². The summed E-state index contributed by atoms with van der Waals surface area (Å²) in [7, 11) is 0. The van der Waals surface area contributed by atoms with E-state index in [0.717, 1.165) is 0 Å². The van der Waals surface area contributed by atoms with Crippen LogP contribution in [0.5, 0.6) is 0 Å². The van der Waals surface area contributed by atoms with Gasteiger partial charge in [0.05, 0.1) is 24.0 Å². The summed E-state index contributed by atoms with van der Waals surface area (Å²) in [5, 5.41) is 16.5. The standard InChI is InChI=1S/C9H9N5O/c15-9(7-4-12-13-5-7)10-6-8-2-1-3-11-14-8/h1-5H,6H2,(H,10,15)(H,12,13). The van der Waals surface area contributed by atoms with Crippen molar-refractivity contribution >= 4 is 5.91 Å². The van der Waals surface area contributed by atoms with Crippen LogP contribution >= 0.6 is 0 Å². The van der Waals surface area contributed by atoms with E-state index < -0.39 is 0 Å². The van der Waals surface area contributed by atoms with Crippen LogP contribution < -0.4 is 5.32 Å². The van der Waals surface area contributed by atoms with E-state index >= 15 is 0 Å². The van der Waals surface area contributed by atoms with Gasteiger partial charge in [0.1, 0.15) is 0 Å². The molecule has 2 rings (SSSR count). The van der Waals surface area contributed by atoms with Crippen LogP contribution in [0.2, 0.25) is 0 Å². The van der Waals surface area contributed by atoms with Crippen molar-refractivity contribution in [2.24, 2.45) is 0 Å². The lowest BCUT2D eigenvalue weighted by Gasteiger charge is -2.01. The van der Waals surface area contributed by atoms with Crippen molar-refractivity contribution in [1.82, 2.24) is 25.7 Å². The molecule has 0 saturated carbocycles. The number of amides is 1. The topological polar surface area (TPSA) is 83.6 Å². The molecule has 0 bridgehead atoms. The summed E-state index contributed by atoms with van der Waals surface area (Å²) >= 11 is 0. The molecular formula is C9H9N5O. The molecule has 0 unspecified atom stereocenters. The third-order valence-electron chi connectivity index (χ3n) is 1.82. The highest BCUT2D eigenvalue weighted by atomic mass is 16.1. The van der Waals surface area contributed by atoms with E-state index in [4.69, 9.17) is 0 Å². The number of aromatic nitrogens is 4. The van der Waals surface area contributed by atoms with Gasteiger partial charge in [0.25, 0.3) is 5.91 Å². The molecule has 6 nitrogen and oxygen atoms in total. The zero-order valence-corrected chi connectivity index (χ0v) is 7.84. The molecule has 1 amide bonds. The second-order valence-corrected chi connectivity index (χ2v) is 2.88. The Hall–Kier alpha value is -2.24. The Labute approximate surface area is 85.7 Å². The van der Waals surface area contributed by atoms with Crippen LogP contribution in [0.4, 0.5) is 0 Å². The summed E-state index contributed by atoms with van der Waals surface area (Å²) in [4.78, 5) is 11.5. The third kappa shape index (κ3) is 2.37.